The van der Waals surface area contributed by atoms with Crippen LogP contribution in [0.2, 0.25) is 0 Å². The summed E-state index contributed by atoms with van der Waals surface area (Å²) < 4.78 is 20.0. The third-order valence-electron chi connectivity index (χ3n) is 5.69. The standard InChI is InChI=1S/C21H31N5O4/c1-20(2,3)30-19(27)25(6)17-13-7-8-26(18(13)24-11-23-17)14-9-12(10-22)15-16(14)29-21(4,5)28-15/h7-8,11-12,14-16H,9-10,22H2,1-6H3/t12-,14-,15-,16+/m1/s1. The normalized spacial score (nSPS) is 28.0. The van der Waals surface area contributed by atoms with Crippen molar-refractivity contribution in [2.45, 2.75) is 70.7 Å². The lowest BCUT2D eigenvalue weighted by atomic mass is 10.1. The average molecular weight is 418 g/mol. The minimum atomic E-state index is -0.637. The zero-order valence-corrected chi connectivity index (χ0v) is 18.5. The van der Waals surface area contributed by atoms with Crippen LogP contribution in [0.3, 0.4) is 0 Å². The summed E-state index contributed by atoms with van der Waals surface area (Å²) in [6.07, 6.45) is 3.67. The van der Waals surface area contributed by atoms with E-state index in [0.717, 1.165) is 17.5 Å². The van der Waals surface area contributed by atoms with Gasteiger partial charge in [-0.05, 0) is 53.7 Å². The maximum absolute atomic E-state index is 12.6. The molecule has 9 heteroatoms. The highest BCUT2D eigenvalue weighted by atomic mass is 16.8. The SMILES string of the molecule is CN(C(=O)OC(C)(C)C)c1ncnc2c1ccn2[C@@H]1C[C@H](CN)[C@H]2OC(C)(C)O[C@H]21. The van der Waals surface area contributed by atoms with Gasteiger partial charge in [0, 0.05) is 19.2 Å². The van der Waals surface area contributed by atoms with Crippen molar-refractivity contribution in [1.82, 2.24) is 14.5 Å². The molecule has 2 fully saturated rings. The maximum atomic E-state index is 12.6. The van der Waals surface area contributed by atoms with E-state index in [-0.39, 0.29) is 24.2 Å². The lowest BCUT2D eigenvalue weighted by Gasteiger charge is -2.25. The van der Waals surface area contributed by atoms with Gasteiger partial charge in [-0.15, -0.1) is 0 Å². The van der Waals surface area contributed by atoms with Gasteiger partial charge in [-0.2, -0.15) is 0 Å². The molecule has 3 heterocycles. The summed E-state index contributed by atoms with van der Waals surface area (Å²) in [7, 11) is 1.65. The summed E-state index contributed by atoms with van der Waals surface area (Å²) in [5.74, 6) is 0.0772. The number of hydrogen-bond acceptors (Lipinski definition) is 7. The van der Waals surface area contributed by atoms with Crippen molar-refractivity contribution >= 4 is 22.9 Å². The van der Waals surface area contributed by atoms with E-state index in [1.165, 1.54) is 11.2 Å². The minimum absolute atomic E-state index is 0.0393. The summed E-state index contributed by atoms with van der Waals surface area (Å²) in [6.45, 7) is 9.90. The van der Waals surface area contributed by atoms with Gasteiger partial charge in [0.1, 0.15) is 23.7 Å². The molecule has 0 aromatic carbocycles. The number of fused-ring (bicyclic) bond motifs is 2. The van der Waals surface area contributed by atoms with Crippen molar-refractivity contribution in [2.24, 2.45) is 11.7 Å². The molecule has 4 atom stereocenters. The van der Waals surface area contributed by atoms with Crippen molar-refractivity contribution in [2.75, 3.05) is 18.5 Å². The van der Waals surface area contributed by atoms with E-state index in [1.54, 1.807) is 7.05 Å². The molecular weight excluding hydrogens is 386 g/mol. The smallest absolute Gasteiger partial charge is 0.415 e. The third-order valence-corrected chi connectivity index (χ3v) is 5.69. The number of carbonyl (C=O) groups excluding carboxylic acids is 1. The second-order valence-corrected chi connectivity index (χ2v) is 9.56. The summed E-state index contributed by atoms with van der Waals surface area (Å²) >= 11 is 0. The molecule has 2 aliphatic rings. The van der Waals surface area contributed by atoms with Gasteiger partial charge < -0.3 is 24.5 Å². The number of nitrogens with zero attached hydrogens (tertiary/aromatic N) is 4. The molecule has 1 saturated heterocycles. The summed E-state index contributed by atoms with van der Waals surface area (Å²) in [5.41, 5.74) is 6.18. The monoisotopic (exact) mass is 417 g/mol. The molecule has 164 valence electrons. The third kappa shape index (κ3) is 3.66. The Bertz CT molecular complexity index is 951. The van der Waals surface area contributed by atoms with Crippen LogP contribution in [0, 0.1) is 5.92 Å². The lowest BCUT2D eigenvalue weighted by Crippen LogP contribution is -2.34. The number of rotatable bonds is 3. The van der Waals surface area contributed by atoms with E-state index < -0.39 is 17.5 Å². The molecule has 2 aromatic heterocycles. The van der Waals surface area contributed by atoms with E-state index in [4.69, 9.17) is 19.9 Å². The van der Waals surface area contributed by atoms with Gasteiger partial charge in [-0.1, -0.05) is 0 Å². The van der Waals surface area contributed by atoms with Crippen LogP contribution in [-0.2, 0) is 14.2 Å². The molecule has 0 radical (unpaired) electrons. The zero-order valence-electron chi connectivity index (χ0n) is 18.5. The van der Waals surface area contributed by atoms with Crippen molar-refractivity contribution in [3.05, 3.63) is 18.6 Å². The Morgan fingerprint density at radius 3 is 2.70 bits per heavy atom. The quantitative estimate of drug-likeness (QED) is 0.819. The largest absolute Gasteiger partial charge is 0.443 e. The number of anilines is 1. The second-order valence-electron chi connectivity index (χ2n) is 9.56. The second kappa shape index (κ2) is 7.18. The molecule has 2 aromatic rings. The van der Waals surface area contributed by atoms with Crippen LogP contribution in [0.1, 0.15) is 47.1 Å². The van der Waals surface area contributed by atoms with Crippen molar-refractivity contribution < 1.29 is 19.0 Å². The Balaban J connectivity index is 1.68. The highest BCUT2D eigenvalue weighted by molar-refractivity contribution is 5.97. The first-order valence-corrected chi connectivity index (χ1v) is 10.3. The van der Waals surface area contributed by atoms with Crippen LogP contribution >= 0.6 is 0 Å². The Morgan fingerprint density at radius 2 is 2.03 bits per heavy atom. The molecule has 1 saturated carbocycles. The predicted octanol–water partition coefficient (Wildman–Crippen LogP) is 2.84. The van der Waals surface area contributed by atoms with Crippen LogP contribution in [-0.4, -0.2) is 57.8 Å². The topological polar surface area (TPSA) is 105 Å². The number of ether oxygens (including phenoxy) is 3. The predicted molar refractivity (Wildman–Crippen MR) is 112 cm³/mol. The first-order valence-electron chi connectivity index (χ1n) is 10.3. The van der Waals surface area contributed by atoms with Gasteiger partial charge in [-0.25, -0.2) is 14.8 Å². The fourth-order valence-corrected chi connectivity index (χ4v) is 4.47. The van der Waals surface area contributed by atoms with Crippen LogP contribution in [0.15, 0.2) is 18.6 Å². The molecule has 0 bridgehead atoms. The number of nitrogens with two attached hydrogens (primary N) is 1. The average Bonchev–Trinajstić information content (AvgIpc) is 3.29. The molecule has 2 N–H and O–H groups in total. The van der Waals surface area contributed by atoms with Gasteiger partial charge in [0.25, 0.3) is 0 Å². The first kappa shape index (κ1) is 21.0. The molecule has 0 unspecified atom stereocenters. The number of carbonyl (C=O) groups is 1. The van der Waals surface area contributed by atoms with Crippen LogP contribution in [0.4, 0.5) is 10.6 Å². The number of hydrogen-bond donors (Lipinski definition) is 1. The molecule has 30 heavy (non-hydrogen) atoms. The zero-order chi connectivity index (χ0) is 21.8. The van der Waals surface area contributed by atoms with Gasteiger partial charge >= 0.3 is 6.09 Å². The van der Waals surface area contributed by atoms with Crippen molar-refractivity contribution in [1.29, 1.82) is 0 Å². The van der Waals surface area contributed by atoms with Gasteiger partial charge in [-0.3, -0.25) is 4.90 Å². The van der Waals surface area contributed by atoms with E-state index in [2.05, 4.69) is 14.5 Å². The molecular formula is C21H31N5O4. The van der Waals surface area contributed by atoms with Crippen LogP contribution < -0.4 is 10.6 Å². The molecule has 0 spiro atoms. The number of amides is 1. The molecule has 1 aliphatic heterocycles. The first-order chi connectivity index (χ1) is 14.0. The molecule has 4 rings (SSSR count). The van der Waals surface area contributed by atoms with E-state index in [1.807, 2.05) is 46.9 Å². The maximum Gasteiger partial charge on any atom is 0.415 e. The fraction of sp³-hybridized carbons (Fsp3) is 0.667. The summed E-state index contributed by atoms with van der Waals surface area (Å²) in [6, 6.07) is 1.97. The fourth-order valence-electron chi connectivity index (χ4n) is 4.47. The van der Waals surface area contributed by atoms with E-state index >= 15 is 0 Å². The Hall–Kier alpha value is -2.23. The Kier molecular flexibility index (Phi) is 5.03. The van der Waals surface area contributed by atoms with Gasteiger partial charge in [0.2, 0.25) is 0 Å². The van der Waals surface area contributed by atoms with Gasteiger partial charge in [0.05, 0.1) is 17.5 Å². The highest BCUT2D eigenvalue weighted by Gasteiger charge is 2.54. The number of aromatic nitrogens is 3. The molecule has 1 amide bonds. The minimum Gasteiger partial charge on any atom is -0.443 e. The highest BCUT2D eigenvalue weighted by Crippen LogP contribution is 2.47. The Labute approximate surface area is 176 Å². The summed E-state index contributed by atoms with van der Waals surface area (Å²) in [4.78, 5) is 22.8. The van der Waals surface area contributed by atoms with Gasteiger partial charge in [0.15, 0.2) is 11.6 Å². The van der Waals surface area contributed by atoms with E-state index in [9.17, 15) is 4.79 Å². The van der Waals surface area contributed by atoms with E-state index in [0.29, 0.717) is 12.4 Å². The van der Waals surface area contributed by atoms with Crippen molar-refractivity contribution in [3.63, 3.8) is 0 Å². The summed E-state index contributed by atoms with van der Waals surface area (Å²) in [5, 5.41) is 0.775. The molecule has 1 aliphatic carbocycles. The van der Waals surface area contributed by atoms with Crippen LogP contribution in [0.5, 0.6) is 0 Å². The van der Waals surface area contributed by atoms with Crippen molar-refractivity contribution in [3.8, 4) is 0 Å². The van der Waals surface area contributed by atoms with Crippen LogP contribution in [0.25, 0.3) is 11.0 Å². The molecule has 9 nitrogen and oxygen atoms in total. The Morgan fingerprint density at radius 1 is 1.33 bits per heavy atom. The lowest BCUT2D eigenvalue weighted by molar-refractivity contribution is -0.159.